The molecule has 0 heterocycles. The fraction of sp³-hybridized carbons (Fsp3) is 0.417. The quantitative estimate of drug-likeness (QED) is 0.686. The third-order valence-corrected chi connectivity index (χ3v) is 5.31. The minimum absolute atomic E-state index is 0.141. The molecule has 0 saturated heterocycles. The zero-order valence-electron chi connectivity index (χ0n) is 16.8. The van der Waals surface area contributed by atoms with Gasteiger partial charge in [0.05, 0.1) is 0 Å². The lowest BCUT2D eigenvalue weighted by atomic mass is 10.0. The van der Waals surface area contributed by atoms with E-state index in [2.05, 4.69) is 10.6 Å². The van der Waals surface area contributed by atoms with Crippen molar-refractivity contribution in [3.05, 3.63) is 71.8 Å². The van der Waals surface area contributed by atoms with E-state index >= 15 is 0 Å². The van der Waals surface area contributed by atoms with Gasteiger partial charge in [-0.2, -0.15) is 0 Å². The monoisotopic (exact) mass is 394 g/mol. The fourth-order valence-corrected chi connectivity index (χ4v) is 3.69. The molecule has 0 aromatic heterocycles. The highest BCUT2D eigenvalue weighted by molar-refractivity contribution is 5.86. The van der Waals surface area contributed by atoms with Crippen molar-refractivity contribution in [3.8, 4) is 0 Å². The molecule has 0 aliphatic heterocycles. The number of alkyl carbamates (subject to hydrolysis) is 1. The van der Waals surface area contributed by atoms with E-state index in [-0.39, 0.29) is 18.6 Å². The minimum Gasteiger partial charge on any atom is -0.445 e. The molecule has 0 unspecified atom stereocenters. The van der Waals surface area contributed by atoms with Crippen molar-refractivity contribution >= 4 is 12.0 Å². The molecule has 1 aliphatic carbocycles. The SMILES string of the molecule is O=C(N[C@H](Cc1ccccc1)C(=O)NC1CCCCCC1)OCc1ccccc1. The van der Waals surface area contributed by atoms with Crippen LogP contribution >= 0.6 is 0 Å². The Morgan fingerprint density at radius 1 is 0.862 bits per heavy atom. The van der Waals surface area contributed by atoms with Gasteiger partial charge in [-0.1, -0.05) is 86.3 Å². The van der Waals surface area contributed by atoms with Crippen molar-refractivity contribution in [1.82, 2.24) is 10.6 Å². The molecule has 1 atom stereocenters. The standard InChI is InChI=1S/C24H30N2O3/c27-23(25-21-15-9-1-2-10-16-21)22(17-19-11-5-3-6-12-19)26-24(28)29-18-20-13-7-4-8-14-20/h3-8,11-14,21-22H,1-2,9-10,15-18H2,(H,25,27)(H,26,28)/t22-/m1/s1. The molecule has 5 heteroatoms. The van der Waals surface area contributed by atoms with E-state index < -0.39 is 12.1 Å². The van der Waals surface area contributed by atoms with E-state index in [1.165, 1.54) is 12.8 Å². The maximum atomic E-state index is 13.0. The number of carbonyl (C=O) groups excluding carboxylic acids is 2. The Morgan fingerprint density at radius 2 is 1.45 bits per heavy atom. The molecule has 0 radical (unpaired) electrons. The van der Waals surface area contributed by atoms with Crippen molar-refractivity contribution in [1.29, 1.82) is 0 Å². The summed E-state index contributed by atoms with van der Waals surface area (Å²) >= 11 is 0. The summed E-state index contributed by atoms with van der Waals surface area (Å²) in [5.74, 6) is -0.141. The average molecular weight is 395 g/mol. The molecule has 1 aliphatic rings. The van der Waals surface area contributed by atoms with E-state index in [1.54, 1.807) is 0 Å². The predicted octanol–water partition coefficient (Wildman–Crippen LogP) is 4.36. The van der Waals surface area contributed by atoms with Crippen LogP contribution in [0.15, 0.2) is 60.7 Å². The van der Waals surface area contributed by atoms with Gasteiger partial charge in [0, 0.05) is 12.5 Å². The zero-order valence-corrected chi connectivity index (χ0v) is 16.8. The Bertz CT molecular complexity index is 756. The molecule has 2 N–H and O–H groups in total. The van der Waals surface area contributed by atoms with E-state index in [4.69, 9.17) is 4.74 Å². The molecule has 2 aromatic rings. The maximum Gasteiger partial charge on any atom is 0.408 e. The van der Waals surface area contributed by atoms with Gasteiger partial charge in [-0.25, -0.2) is 4.79 Å². The van der Waals surface area contributed by atoms with Crippen molar-refractivity contribution < 1.29 is 14.3 Å². The summed E-state index contributed by atoms with van der Waals surface area (Å²) in [4.78, 5) is 25.3. The first kappa shape index (κ1) is 20.9. The summed E-state index contributed by atoms with van der Waals surface area (Å²) in [6.45, 7) is 0.176. The summed E-state index contributed by atoms with van der Waals surface area (Å²) in [7, 11) is 0. The van der Waals surface area contributed by atoms with Gasteiger partial charge in [-0.15, -0.1) is 0 Å². The van der Waals surface area contributed by atoms with Gasteiger partial charge in [0.15, 0.2) is 0 Å². The Labute approximate surface area is 172 Å². The molecule has 29 heavy (non-hydrogen) atoms. The first-order valence-corrected chi connectivity index (χ1v) is 10.5. The van der Waals surface area contributed by atoms with Crippen LogP contribution in [-0.2, 0) is 22.6 Å². The molecular weight excluding hydrogens is 364 g/mol. The van der Waals surface area contributed by atoms with Gasteiger partial charge in [-0.3, -0.25) is 4.79 Å². The maximum absolute atomic E-state index is 13.0. The predicted molar refractivity (Wildman–Crippen MR) is 113 cm³/mol. The van der Waals surface area contributed by atoms with Crippen molar-refractivity contribution in [2.45, 2.75) is 63.6 Å². The number of nitrogens with one attached hydrogen (secondary N) is 2. The normalized spacial score (nSPS) is 15.7. The van der Waals surface area contributed by atoms with Crippen LogP contribution in [0.3, 0.4) is 0 Å². The summed E-state index contributed by atoms with van der Waals surface area (Å²) in [6.07, 6.45) is 6.59. The van der Waals surface area contributed by atoms with Crippen LogP contribution in [-0.4, -0.2) is 24.1 Å². The van der Waals surface area contributed by atoms with Gasteiger partial charge in [0.25, 0.3) is 0 Å². The molecule has 1 saturated carbocycles. The van der Waals surface area contributed by atoms with Crippen LogP contribution in [0, 0.1) is 0 Å². The van der Waals surface area contributed by atoms with Crippen molar-refractivity contribution in [2.24, 2.45) is 0 Å². The summed E-state index contributed by atoms with van der Waals surface area (Å²) < 4.78 is 5.33. The average Bonchev–Trinajstić information content (AvgIpc) is 3.02. The molecule has 154 valence electrons. The van der Waals surface area contributed by atoms with Crippen LogP contribution in [0.5, 0.6) is 0 Å². The zero-order chi connectivity index (χ0) is 20.3. The lowest BCUT2D eigenvalue weighted by Crippen LogP contribution is -2.50. The number of amides is 2. The van der Waals surface area contributed by atoms with Gasteiger partial charge in [0.1, 0.15) is 12.6 Å². The topological polar surface area (TPSA) is 67.4 Å². The second-order valence-corrected chi connectivity index (χ2v) is 7.65. The van der Waals surface area contributed by atoms with Gasteiger partial charge in [-0.05, 0) is 24.0 Å². The largest absolute Gasteiger partial charge is 0.445 e. The molecule has 0 bridgehead atoms. The second-order valence-electron chi connectivity index (χ2n) is 7.65. The number of carbonyl (C=O) groups is 2. The number of hydrogen-bond donors (Lipinski definition) is 2. The van der Waals surface area contributed by atoms with Crippen molar-refractivity contribution in [3.63, 3.8) is 0 Å². The van der Waals surface area contributed by atoms with Gasteiger partial charge < -0.3 is 15.4 Å². The summed E-state index contributed by atoms with van der Waals surface area (Å²) in [6, 6.07) is 18.8. The molecule has 1 fully saturated rings. The Hall–Kier alpha value is -2.82. The Balaban J connectivity index is 1.60. The molecule has 2 aromatic carbocycles. The van der Waals surface area contributed by atoms with Crippen LogP contribution in [0.2, 0.25) is 0 Å². The van der Waals surface area contributed by atoms with E-state index in [0.29, 0.717) is 6.42 Å². The van der Waals surface area contributed by atoms with Gasteiger partial charge >= 0.3 is 6.09 Å². The minimum atomic E-state index is -0.663. The number of benzene rings is 2. The Morgan fingerprint density at radius 3 is 2.07 bits per heavy atom. The van der Waals surface area contributed by atoms with Crippen LogP contribution in [0.4, 0.5) is 4.79 Å². The molecule has 3 rings (SSSR count). The number of rotatable bonds is 7. The smallest absolute Gasteiger partial charge is 0.408 e. The highest BCUT2D eigenvalue weighted by atomic mass is 16.5. The first-order valence-electron chi connectivity index (χ1n) is 10.5. The van der Waals surface area contributed by atoms with Crippen LogP contribution < -0.4 is 10.6 Å². The first-order chi connectivity index (χ1) is 14.2. The third kappa shape index (κ3) is 7.26. The highest BCUT2D eigenvalue weighted by Gasteiger charge is 2.24. The lowest BCUT2D eigenvalue weighted by Gasteiger charge is -2.22. The van der Waals surface area contributed by atoms with Crippen LogP contribution in [0.1, 0.15) is 49.7 Å². The number of ether oxygens (including phenoxy) is 1. The number of hydrogen-bond acceptors (Lipinski definition) is 3. The lowest BCUT2D eigenvalue weighted by molar-refractivity contribution is -0.123. The van der Waals surface area contributed by atoms with Crippen LogP contribution in [0.25, 0.3) is 0 Å². The van der Waals surface area contributed by atoms with Crippen molar-refractivity contribution in [2.75, 3.05) is 0 Å². The Kier molecular flexibility index (Phi) is 8.11. The van der Waals surface area contributed by atoms with E-state index in [1.807, 2.05) is 60.7 Å². The second kappa shape index (κ2) is 11.2. The molecule has 5 nitrogen and oxygen atoms in total. The third-order valence-electron chi connectivity index (χ3n) is 5.31. The molecule has 2 amide bonds. The van der Waals surface area contributed by atoms with E-state index in [0.717, 1.165) is 36.8 Å². The summed E-state index contributed by atoms with van der Waals surface area (Å²) in [5.41, 5.74) is 1.90. The van der Waals surface area contributed by atoms with E-state index in [9.17, 15) is 9.59 Å². The molecular formula is C24H30N2O3. The summed E-state index contributed by atoms with van der Waals surface area (Å²) in [5, 5.41) is 5.92. The fourth-order valence-electron chi connectivity index (χ4n) is 3.69. The highest BCUT2D eigenvalue weighted by Crippen LogP contribution is 2.17. The van der Waals surface area contributed by atoms with Gasteiger partial charge in [0.2, 0.25) is 5.91 Å². The molecule has 0 spiro atoms.